The normalized spacial score (nSPS) is 24.3. The van der Waals surface area contributed by atoms with Crippen LogP contribution in [-0.2, 0) is 24.6 Å². The number of carbonyl (C=O) groups excluding carboxylic acids is 4. The molecule has 1 aromatic rings. The molecule has 3 rings (SSSR count). The third kappa shape index (κ3) is 4.55. The zero-order valence-electron chi connectivity index (χ0n) is 17.8. The van der Waals surface area contributed by atoms with Crippen LogP contribution in [0, 0.1) is 5.92 Å². The van der Waals surface area contributed by atoms with Crippen molar-refractivity contribution in [2.75, 3.05) is 18.4 Å². The fraction of sp³-hybridized carbons (Fsp3) is 0.565. The van der Waals surface area contributed by atoms with Crippen molar-refractivity contribution < 1.29 is 19.2 Å². The van der Waals surface area contributed by atoms with E-state index >= 15 is 0 Å². The summed E-state index contributed by atoms with van der Waals surface area (Å²) in [6, 6.07) is 7.31. The van der Waals surface area contributed by atoms with Crippen LogP contribution >= 0.6 is 0 Å². The number of amides is 4. The van der Waals surface area contributed by atoms with Crippen LogP contribution in [0.3, 0.4) is 0 Å². The molecule has 0 spiro atoms. The van der Waals surface area contributed by atoms with E-state index in [1.54, 1.807) is 17.0 Å². The van der Waals surface area contributed by atoms with Crippen LogP contribution in [0.2, 0.25) is 0 Å². The summed E-state index contributed by atoms with van der Waals surface area (Å²) in [5.41, 5.74) is 0.807. The molecule has 7 heteroatoms. The maximum Gasteiger partial charge on any atom is 0.237 e. The van der Waals surface area contributed by atoms with E-state index in [1.165, 1.54) is 0 Å². The molecule has 1 aromatic carbocycles. The number of carbonyl (C=O) groups is 4. The molecular weight excluding hydrogens is 382 g/mol. The Balaban J connectivity index is 1.65. The van der Waals surface area contributed by atoms with Gasteiger partial charge in [-0.15, -0.1) is 0 Å². The summed E-state index contributed by atoms with van der Waals surface area (Å²) in [6.45, 7) is 5.11. The molecule has 0 radical (unpaired) electrons. The lowest BCUT2D eigenvalue weighted by molar-refractivity contribution is -0.138. The Labute approximate surface area is 177 Å². The van der Waals surface area contributed by atoms with Crippen molar-refractivity contribution in [3.63, 3.8) is 0 Å². The molecule has 2 heterocycles. The molecule has 0 aliphatic carbocycles. The SMILES string of the molecule is CCCC(=O)N1CCC[C@H](C(=O)Nc2ccc([C@]3(CC)CCC(=O)NC3=O)cc2)C1. The monoisotopic (exact) mass is 413 g/mol. The molecule has 0 bridgehead atoms. The summed E-state index contributed by atoms with van der Waals surface area (Å²) in [5.74, 6) is -0.656. The van der Waals surface area contributed by atoms with Gasteiger partial charge in [-0.1, -0.05) is 26.0 Å². The Morgan fingerprint density at radius 2 is 1.93 bits per heavy atom. The maximum atomic E-state index is 12.7. The summed E-state index contributed by atoms with van der Waals surface area (Å²) >= 11 is 0. The highest BCUT2D eigenvalue weighted by molar-refractivity contribution is 6.03. The van der Waals surface area contributed by atoms with Gasteiger partial charge in [-0.25, -0.2) is 0 Å². The number of rotatable bonds is 6. The lowest BCUT2D eigenvalue weighted by Gasteiger charge is -2.35. The molecule has 162 valence electrons. The predicted octanol–water partition coefficient (Wildman–Crippen LogP) is 2.75. The molecule has 0 saturated carbocycles. The number of piperidine rings is 2. The first kappa shape index (κ1) is 22.0. The largest absolute Gasteiger partial charge is 0.342 e. The summed E-state index contributed by atoms with van der Waals surface area (Å²) in [4.78, 5) is 50.8. The molecule has 30 heavy (non-hydrogen) atoms. The molecule has 2 atom stereocenters. The highest BCUT2D eigenvalue weighted by Crippen LogP contribution is 2.36. The number of likely N-dealkylation sites (tertiary alicyclic amines) is 1. The van der Waals surface area contributed by atoms with Gasteiger partial charge in [0, 0.05) is 31.6 Å². The van der Waals surface area contributed by atoms with Crippen LogP contribution in [0.15, 0.2) is 24.3 Å². The number of anilines is 1. The van der Waals surface area contributed by atoms with Gasteiger partial charge in [0.25, 0.3) is 0 Å². The van der Waals surface area contributed by atoms with Crippen molar-refractivity contribution in [3.05, 3.63) is 29.8 Å². The Morgan fingerprint density at radius 3 is 2.57 bits per heavy atom. The first-order valence-electron chi connectivity index (χ1n) is 10.9. The van der Waals surface area contributed by atoms with Gasteiger partial charge in [0.05, 0.1) is 11.3 Å². The smallest absolute Gasteiger partial charge is 0.237 e. The summed E-state index contributed by atoms with van der Waals surface area (Å²) in [7, 11) is 0. The van der Waals surface area contributed by atoms with Crippen LogP contribution in [0.1, 0.15) is 64.4 Å². The lowest BCUT2D eigenvalue weighted by Crippen LogP contribution is -2.51. The minimum absolute atomic E-state index is 0.0806. The summed E-state index contributed by atoms with van der Waals surface area (Å²) in [5, 5.41) is 5.40. The molecule has 2 N–H and O–H groups in total. The standard InChI is InChI=1S/C23H31N3O4/c1-3-6-20(28)26-14-5-7-16(15-26)21(29)24-18-10-8-17(9-11-18)23(4-2)13-12-19(27)25-22(23)30/h8-11,16H,3-7,12-15H2,1-2H3,(H,24,29)(H,25,27,30)/t16-,23-/m0/s1. The van der Waals surface area contributed by atoms with Crippen molar-refractivity contribution >= 4 is 29.3 Å². The van der Waals surface area contributed by atoms with Gasteiger partial charge in [0.15, 0.2) is 0 Å². The Hall–Kier alpha value is -2.70. The Kier molecular flexibility index (Phi) is 6.90. The number of nitrogens with zero attached hydrogens (tertiary/aromatic N) is 1. The van der Waals surface area contributed by atoms with Crippen molar-refractivity contribution in [1.82, 2.24) is 10.2 Å². The molecule has 0 aromatic heterocycles. The quantitative estimate of drug-likeness (QED) is 0.701. The van der Waals surface area contributed by atoms with E-state index in [-0.39, 0.29) is 29.5 Å². The molecule has 7 nitrogen and oxygen atoms in total. The minimum Gasteiger partial charge on any atom is -0.342 e. The van der Waals surface area contributed by atoms with E-state index in [2.05, 4.69) is 10.6 Å². The van der Waals surface area contributed by atoms with Crippen LogP contribution in [0.4, 0.5) is 5.69 Å². The fourth-order valence-electron chi connectivity index (χ4n) is 4.47. The van der Waals surface area contributed by atoms with E-state index in [0.717, 1.165) is 31.4 Å². The number of benzene rings is 1. The van der Waals surface area contributed by atoms with Gasteiger partial charge < -0.3 is 10.2 Å². The Morgan fingerprint density at radius 1 is 1.20 bits per heavy atom. The molecule has 0 unspecified atom stereocenters. The van der Waals surface area contributed by atoms with Crippen molar-refractivity contribution in [1.29, 1.82) is 0 Å². The van der Waals surface area contributed by atoms with E-state index in [9.17, 15) is 19.2 Å². The molecule has 2 aliphatic heterocycles. The van der Waals surface area contributed by atoms with Crippen LogP contribution in [-0.4, -0.2) is 41.6 Å². The molecule has 2 fully saturated rings. The number of hydrogen-bond acceptors (Lipinski definition) is 4. The third-order valence-corrected chi connectivity index (χ3v) is 6.38. The van der Waals surface area contributed by atoms with E-state index in [4.69, 9.17) is 0 Å². The van der Waals surface area contributed by atoms with Crippen molar-refractivity contribution in [2.24, 2.45) is 5.92 Å². The average Bonchev–Trinajstić information content (AvgIpc) is 2.75. The first-order chi connectivity index (χ1) is 14.4. The number of hydrogen-bond donors (Lipinski definition) is 2. The highest BCUT2D eigenvalue weighted by Gasteiger charge is 2.42. The fourth-order valence-corrected chi connectivity index (χ4v) is 4.47. The van der Waals surface area contributed by atoms with E-state index < -0.39 is 5.41 Å². The van der Waals surface area contributed by atoms with E-state index in [0.29, 0.717) is 37.9 Å². The van der Waals surface area contributed by atoms with E-state index in [1.807, 2.05) is 26.0 Å². The molecule has 4 amide bonds. The zero-order chi connectivity index (χ0) is 21.7. The van der Waals surface area contributed by atoms with Gasteiger partial charge in [-0.3, -0.25) is 24.5 Å². The van der Waals surface area contributed by atoms with Crippen LogP contribution in [0.5, 0.6) is 0 Å². The van der Waals surface area contributed by atoms with Crippen LogP contribution in [0.25, 0.3) is 0 Å². The second-order valence-electron chi connectivity index (χ2n) is 8.31. The molecule has 2 saturated heterocycles. The number of imide groups is 1. The first-order valence-corrected chi connectivity index (χ1v) is 10.9. The van der Waals surface area contributed by atoms with Gasteiger partial charge in [0.1, 0.15) is 0 Å². The van der Waals surface area contributed by atoms with Crippen molar-refractivity contribution in [2.45, 2.75) is 64.2 Å². The summed E-state index contributed by atoms with van der Waals surface area (Å²) < 4.78 is 0. The predicted molar refractivity (Wildman–Crippen MR) is 114 cm³/mol. The van der Waals surface area contributed by atoms with Crippen LogP contribution < -0.4 is 10.6 Å². The minimum atomic E-state index is -0.708. The number of nitrogens with one attached hydrogen (secondary N) is 2. The van der Waals surface area contributed by atoms with Gasteiger partial charge in [-0.05, 0) is 49.8 Å². The van der Waals surface area contributed by atoms with Gasteiger partial charge in [-0.2, -0.15) is 0 Å². The maximum absolute atomic E-state index is 12.7. The zero-order valence-corrected chi connectivity index (χ0v) is 17.8. The average molecular weight is 414 g/mol. The topological polar surface area (TPSA) is 95.6 Å². The Bertz CT molecular complexity index is 820. The van der Waals surface area contributed by atoms with Gasteiger partial charge in [0.2, 0.25) is 23.6 Å². The molecule has 2 aliphatic rings. The van der Waals surface area contributed by atoms with Crippen molar-refractivity contribution in [3.8, 4) is 0 Å². The lowest BCUT2D eigenvalue weighted by atomic mass is 9.72. The third-order valence-electron chi connectivity index (χ3n) is 6.38. The summed E-state index contributed by atoms with van der Waals surface area (Å²) in [6.07, 6.45) is 4.35. The van der Waals surface area contributed by atoms with Gasteiger partial charge >= 0.3 is 0 Å². The highest BCUT2D eigenvalue weighted by atomic mass is 16.2. The second kappa shape index (κ2) is 9.41. The molecular formula is C23H31N3O4. The second-order valence-corrected chi connectivity index (χ2v) is 8.31.